The number of hydrogen-bond donors (Lipinski definition) is 1. The number of carbonyl (C=O) groups excluding carboxylic acids is 1. The van der Waals surface area contributed by atoms with Gasteiger partial charge in [0.15, 0.2) is 0 Å². The zero-order valence-corrected chi connectivity index (χ0v) is 19.6. The van der Waals surface area contributed by atoms with Crippen LogP contribution in [0, 0.1) is 5.92 Å². The Labute approximate surface area is 186 Å². The number of rotatable bonds is 7. The van der Waals surface area contributed by atoms with E-state index in [1.54, 1.807) is 12.1 Å². The van der Waals surface area contributed by atoms with Gasteiger partial charge in [-0.25, -0.2) is 8.42 Å². The second-order valence-corrected chi connectivity index (χ2v) is 10.5. The molecule has 2 aromatic rings. The van der Waals surface area contributed by atoms with Gasteiger partial charge in [0.2, 0.25) is 10.0 Å². The van der Waals surface area contributed by atoms with Crippen molar-refractivity contribution in [3.63, 3.8) is 0 Å². The summed E-state index contributed by atoms with van der Waals surface area (Å²) >= 11 is 3.33. The fraction of sp³-hybridized carbons (Fsp3) is 0.409. The van der Waals surface area contributed by atoms with Gasteiger partial charge in [0.05, 0.1) is 24.2 Å². The Morgan fingerprint density at radius 3 is 2.43 bits per heavy atom. The standard InChI is InChI=1S/C22H27BrN2O4S/c1-16(2)14-20(17-6-4-3-5-7-17)24-22(26)18-8-9-19(23)21(15-18)30(27,28)25-10-12-29-13-11-25/h3-9,15-16,20H,10-14H2,1-2H3,(H,24,26). The van der Waals surface area contributed by atoms with Crippen LogP contribution in [0.15, 0.2) is 57.9 Å². The molecule has 162 valence electrons. The third-order valence-electron chi connectivity index (χ3n) is 5.00. The van der Waals surface area contributed by atoms with E-state index in [1.807, 2.05) is 30.3 Å². The van der Waals surface area contributed by atoms with Gasteiger partial charge in [-0.15, -0.1) is 0 Å². The smallest absolute Gasteiger partial charge is 0.251 e. The average Bonchev–Trinajstić information content (AvgIpc) is 2.74. The number of hydrogen-bond acceptors (Lipinski definition) is 4. The number of nitrogens with zero attached hydrogens (tertiary/aromatic N) is 1. The molecule has 2 aromatic carbocycles. The Kier molecular flexibility index (Phi) is 7.68. The summed E-state index contributed by atoms with van der Waals surface area (Å²) in [6.07, 6.45) is 0.783. The Morgan fingerprint density at radius 1 is 1.13 bits per heavy atom. The molecule has 1 heterocycles. The van der Waals surface area contributed by atoms with Crippen LogP contribution < -0.4 is 5.32 Å². The van der Waals surface area contributed by atoms with Crippen molar-refractivity contribution in [2.24, 2.45) is 5.92 Å². The van der Waals surface area contributed by atoms with E-state index in [0.29, 0.717) is 42.3 Å². The summed E-state index contributed by atoms with van der Waals surface area (Å²) in [5.74, 6) is 0.0908. The van der Waals surface area contributed by atoms with Gasteiger partial charge < -0.3 is 10.1 Å². The zero-order valence-electron chi connectivity index (χ0n) is 17.2. The van der Waals surface area contributed by atoms with E-state index >= 15 is 0 Å². The molecule has 1 aliphatic rings. The molecule has 0 aromatic heterocycles. The van der Waals surface area contributed by atoms with E-state index in [2.05, 4.69) is 35.1 Å². The van der Waals surface area contributed by atoms with Crippen molar-refractivity contribution >= 4 is 31.9 Å². The number of amides is 1. The minimum Gasteiger partial charge on any atom is -0.379 e. The summed E-state index contributed by atoms with van der Waals surface area (Å²) in [6, 6.07) is 14.4. The highest BCUT2D eigenvalue weighted by Gasteiger charge is 2.29. The van der Waals surface area contributed by atoms with Gasteiger partial charge in [0.1, 0.15) is 0 Å². The molecule has 8 heteroatoms. The Balaban J connectivity index is 1.86. The van der Waals surface area contributed by atoms with Crippen LogP contribution in [0.5, 0.6) is 0 Å². The van der Waals surface area contributed by atoms with E-state index < -0.39 is 10.0 Å². The number of carbonyl (C=O) groups is 1. The van der Waals surface area contributed by atoms with Gasteiger partial charge in [0.25, 0.3) is 5.91 Å². The van der Waals surface area contributed by atoms with Crippen molar-refractivity contribution in [3.05, 3.63) is 64.1 Å². The predicted octanol–water partition coefficient (Wildman–Crippen LogP) is 3.99. The number of halogens is 1. The normalized spacial score (nSPS) is 16.4. The van der Waals surface area contributed by atoms with E-state index in [-0.39, 0.29) is 16.8 Å². The number of nitrogens with one attached hydrogen (secondary N) is 1. The number of morpholine rings is 1. The topological polar surface area (TPSA) is 75.7 Å². The SMILES string of the molecule is CC(C)CC(NC(=O)c1ccc(Br)c(S(=O)(=O)N2CCOCC2)c1)c1ccccc1. The molecule has 1 aliphatic heterocycles. The van der Waals surface area contributed by atoms with Crippen LogP contribution in [-0.2, 0) is 14.8 Å². The van der Waals surface area contributed by atoms with Crippen LogP contribution in [0.2, 0.25) is 0 Å². The highest BCUT2D eigenvalue weighted by Crippen LogP contribution is 2.28. The first-order chi connectivity index (χ1) is 14.3. The van der Waals surface area contributed by atoms with Crippen molar-refractivity contribution < 1.29 is 17.9 Å². The molecule has 30 heavy (non-hydrogen) atoms. The van der Waals surface area contributed by atoms with Crippen LogP contribution in [0.4, 0.5) is 0 Å². The number of benzene rings is 2. The van der Waals surface area contributed by atoms with Crippen molar-refractivity contribution in [1.82, 2.24) is 9.62 Å². The quantitative estimate of drug-likeness (QED) is 0.631. The Bertz CT molecular complexity index is 974. The molecule has 1 unspecified atom stereocenters. The minimum atomic E-state index is -3.72. The fourth-order valence-electron chi connectivity index (χ4n) is 3.44. The van der Waals surface area contributed by atoms with Gasteiger partial charge in [-0.1, -0.05) is 44.2 Å². The molecule has 1 atom stereocenters. The van der Waals surface area contributed by atoms with Crippen molar-refractivity contribution in [2.75, 3.05) is 26.3 Å². The van der Waals surface area contributed by atoms with Crippen LogP contribution in [0.25, 0.3) is 0 Å². The fourth-order valence-corrected chi connectivity index (χ4v) is 5.80. The first-order valence-corrected chi connectivity index (χ1v) is 12.3. The van der Waals surface area contributed by atoms with Crippen LogP contribution in [0.3, 0.4) is 0 Å². The molecular weight excluding hydrogens is 468 g/mol. The lowest BCUT2D eigenvalue weighted by atomic mass is 9.96. The molecule has 1 fully saturated rings. The van der Waals surface area contributed by atoms with Crippen LogP contribution in [0.1, 0.15) is 42.2 Å². The van der Waals surface area contributed by atoms with Crippen molar-refractivity contribution in [1.29, 1.82) is 0 Å². The molecule has 0 aliphatic carbocycles. The molecule has 0 bridgehead atoms. The molecule has 0 radical (unpaired) electrons. The third kappa shape index (κ3) is 5.49. The average molecular weight is 495 g/mol. The lowest BCUT2D eigenvalue weighted by molar-refractivity contribution is 0.0730. The van der Waals surface area contributed by atoms with Gasteiger partial charge >= 0.3 is 0 Å². The van der Waals surface area contributed by atoms with E-state index in [1.165, 1.54) is 10.4 Å². The maximum Gasteiger partial charge on any atom is 0.251 e. The number of ether oxygens (including phenoxy) is 1. The third-order valence-corrected chi connectivity index (χ3v) is 7.89. The molecule has 1 N–H and O–H groups in total. The van der Waals surface area contributed by atoms with E-state index in [9.17, 15) is 13.2 Å². The second kappa shape index (κ2) is 10.0. The monoisotopic (exact) mass is 494 g/mol. The van der Waals surface area contributed by atoms with E-state index in [4.69, 9.17) is 4.74 Å². The minimum absolute atomic E-state index is 0.0946. The summed E-state index contributed by atoms with van der Waals surface area (Å²) in [7, 11) is -3.72. The highest BCUT2D eigenvalue weighted by molar-refractivity contribution is 9.10. The molecule has 0 spiro atoms. The molecular formula is C22H27BrN2O4S. The van der Waals surface area contributed by atoms with Crippen molar-refractivity contribution in [3.8, 4) is 0 Å². The first kappa shape index (κ1) is 22.9. The molecule has 6 nitrogen and oxygen atoms in total. The van der Waals surface area contributed by atoms with Crippen LogP contribution >= 0.6 is 15.9 Å². The summed E-state index contributed by atoms with van der Waals surface area (Å²) in [5, 5.41) is 3.08. The first-order valence-electron chi connectivity index (χ1n) is 10.0. The largest absolute Gasteiger partial charge is 0.379 e. The zero-order chi connectivity index (χ0) is 21.7. The van der Waals surface area contributed by atoms with Gasteiger partial charge in [-0.05, 0) is 52.0 Å². The maximum atomic E-state index is 13.1. The molecule has 1 saturated heterocycles. The maximum absolute atomic E-state index is 13.1. The van der Waals surface area contributed by atoms with Crippen molar-refractivity contribution in [2.45, 2.75) is 31.2 Å². The summed E-state index contributed by atoms with van der Waals surface area (Å²) in [6.45, 7) is 5.55. The highest BCUT2D eigenvalue weighted by atomic mass is 79.9. The molecule has 3 rings (SSSR count). The van der Waals surface area contributed by atoms with Gasteiger partial charge in [-0.2, -0.15) is 4.31 Å². The second-order valence-electron chi connectivity index (χ2n) is 7.73. The van der Waals surface area contributed by atoms with Gasteiger partial charge in [0, 0.05) is 23.1 Å². The molecule has 0 saturated carbocycles. The summed E-state index contributed by atoms with van der Waals surface area (Å²) < 4.78 is 33.2. The lowest BCUT2D eigenvalue weighted by Crippen LogP contribution is -2.40. The Hall–Kier alpha value is -1.74. The molecule has 1 amide bonds. The predicted molar refractivity (Wildman–Crippen MR) is 120 cm³/mol. The van der Waals surface area contributed by atoms with E-state index in [0.717, 1.165) is 12.0 Å². The van der Waals surface area contributed by atoms with Gasteiger partial charge in [-0.3, -0.25) is 4.79 Å². The lowest BCUT2D eigenvalue weighted by Gasteiger charge is -2.26. The Morgan fingerprint density at radius 2 is 1.80 bits per heavy atom. The van der Waals surface area contributed by atoms with Crippen LogP contribution in [-0.4, -0.2) is 44.9 Å². The number of sulfonamides is 1. The summed E-state index contributed by atoms with van der Waals surface area (Å²) in [4.78, 5) is 13.1. The summed E-state index contributed by atoms with van der Waals surface area (Å²) in [5.41, 5.74) is 1.34.